The zero-order valence-corrected chi connectivity index (χ0v) is 15.9. The Balaban J connectivity index is 1.54. The Morgan fingerprint density at radius 2 is 1.79 bits per heavy atom. The summed E-state index contributed by atoms with van der Waals surface area (Å²) in [5.41, 5.74) is 0.452. The highest BCUT2D eigenvalue weighted by molar-refractivity contribution is 5.12. The van der Waals surface area contributed by atoms with Gasteiger partial charge in [-0.15, -0.1) is 0 Å². The predicted octanol–water partition coefficient (Wildman–Crippen LogP) is 3.44. The first-order valence-electron chi connectivity index (χ1n) is 10.5. The summed E-state index contributed by atoms with van der Waals surface area (Å²) >= 11 is 0. The fourth-order valence-corrected chi connectivity index (χ4v) is 7.18. The predicted molar refractivity (Wildman–Crippen MR) is 96.7 cm³/mol. The Kier molecular flexibility index (Phi) is 4.29. The van der Waals surface area contributed by atoms with Gasteiger partial charge in [0.1, 0.15) is 0 Å². The van der Waals surface area contributed by atoms with Crippen LogP contribution >= 0.6 is 0 Å². The number of aliphatic hydroxyl groups excluding tert-OH is 2. The highest BCUT2D eigenvalue weighted by Gasteiger charge is 2.61. The van der Waals surface area contributed by atoms with Crippen molar-refractivity contribution in [1.82, 2.24) is 4.90 Å². The van der Waals surface area contributed by atoms with Crippen LogP contribution in [0.5, 0.6) is 0 Å². The normalized spacial score (nSPS) is 49.9. The number of hydrogen-bond acceptors (Lipinski definition) is 3. The van der Waals surface area contributed by atoms with Crippen LogP contribution in [-0.2, 0) is 0 Å². The van der Waals surface area contributed by atoms with Crippen LogP contribution < -0.4 is 0 Å². The molecule has 4 aliphatic rings. The second-order valence-corrected chi connectivity index (χ2v) is 10.2. The van der Waals surface area contributed by atoms with E-state index in [2.05, 4.69) is 25.7 Å². The van der Waals surface area contributed by atoms with Crippen molar-refractivity contribution in [2.24, 2.45) is 29.1 Å². The van der Waals surface area contributed by atoms with Crippen molar-refractivity contribution in [1.29, 1.82) is 0 Å². The molecule has 1 aliphatic heterocycles. The number of rotatable bonds is 2. The van der Waals surface area contributed by atoms with Crippen LogP contribution in [0.3, 0.4) is 0 Å². The van der Waals surface area contributed by atoms with Crippen molar-refractivity contribution < 1.29 is 10.2 Å². The highest BCUT2D eigenvalue weighted by Crippen LogP contribution is 2.60. The summed E-state index contributed by atoms with van der Waals surface area (Å²) in [5, 5.41) is 21.3. The van der Waals surface area contributed by atoms with E-state index in [-0.39, 0.29) is 17.7 Å². The highest BCUT2D eigenvalue weighted by atomic mass is 16.3. The fraction of sp³-hybridized carbons (Fsp3) is 1.00. The molecule has 1 spiro atoms. The van der Waals surface area contributed by atoms with Crippen molar-refractivity contribution >= 4 is 0 Å². The lowest BCUT2D eigenvalue weighted by molar-refractivity contribution is -0.0491. The summed E-state index contributed by atoms with van der Waals surface area (Å²) in [4.78, 5) is 2.71. The van der Waals surface area contributed by atoms with Crippen LogP contribution in [0.15, 0.2) is 0 Å². The Morgan fingerprint density at radius 1 is 1.00 bits per heavy atom. The molecule has 4 fully saturated rings. The lowest BCUT2D eigenvalue weighted by atomic mass is 9.65. The Bertz CT molecular complexity index is 478. The molecule has 7 atom stereocenters. The van der Waals surface area contributed by atoms with Gasteiger partial charge in [0.15, 0.2) is 0 Å². The zero-order chi connectivity index (χ0) is 17.1. The van der Waals surface area contributed by atoms with E-state index in [9.17, 15) is 10.2 Å². The summed E-state index contributed by atoms with van der Waals surface area (Å²) in [5.74, 6) is 2.28. The quantitative estimate of drug-likeness (QED) is 0.812. The third-order valence-electron chi connectivity index (χ3n) is 8.68. The lowest BCUT2D eigenvalue weighted by Gasteiger charge is -2.49. The molecule has 1 unspecified atom stereocenters. The maximum Gasteiger partial charge on any atom is 0.0588 e. The van der Waals surface area contributed by atoms with Crippen LogP contribution in [0.4, 0.5) is 0 Å². The monoisotopic (exact) mass is 335 g/mol. The topological polar surface area (TPSA) is 43.7 Å². The third kappa shape index (κ3) is 2.49. The van der Waals surface area contributed by atoms with Crippen molar-refractivity contribution in [3.63, 3.8) is 0 Å². The maximum absolute atomic E-state index is 10.7. The van der Waals surface area contributed by atoms with Gasteiger partial charge < -0.3 is 10.2 Å². The van der Waals surface area contributed by atoms with Gasteiger partial charge in [-0.1, -0.05) is 26.2 Å². The van der Waals surface area contributed by atoms with E-state index < -0.39 is 0 Å². The van der Waals surface area contributed by atoms with Crippen molar-refractivity contribution in [3.8, 4) is 0 Å². The smallest absolute Gasteiger partial charge is 0.0588 e. The minimum Gasteiger partial charge on any atom is -0.393 e. The molecule has 4 rings (SSSR count). The minimum atomic E-state index is -0.144. The summed E-state index contributed by atoms with van der Waals surface area (Å²) < 4.78 is 0. The van der Waals surface area contributed by atoms with Crippen molar-refractivity contribution in [3.05, 3.63) is 0 Å². The molecule has 3 aliphatic carbocycles. The molecule has 0 aromatic rings. The molecule has 0 aromatic carbocycles. The lowest BCUT2D eigenvalue weighted by Crippen LogP contribution is -2.55. The Hall–Kier alpha value is -0.120. The molecule has 1 heterocycles. The van der Waals surface area contributed by atoms with Gasteiger partial charge in [-0.05, 0) is 69.1 Å². The molecule has 3 nitrogen and oxygen atoms in total. The van der Waals surface area contributed by atoms with Crippen LogP contribution in [0, 0.1) is 29.1 Å². The van der Waals surface area contributed by atoms with Gasteiger partial charge in [-0.25, -0.2) is 0 Å². The van der Waals surface area contributed by atoms with Gasteiger partial charge >= 0.3 is 0 Å². The van der Waals surface area contributed by atoms with Crippen LogP contribution in [0.1, 0.15) is 72.1 Å². The van der Waals surface area contributed by atoms with Crippen LogP contribution in [0.25, 0.3) is 0 Å². The van der Waals surface area contributed by atoms with Gasteiger partial charge in [-0.3, -0.25) is 4.90 Å². The van der Waals surface area contributed by atoms with Crippen LogP contribution in [0.2, 0.25) is 0 Å². The van der Waals surface area contributed by atoms with Gasteiger partial charge in [0.05, 0.1) is 12.2 Å². The van der Waals surface area contributed by atoms with E-state index >= 15 is 0 Å². The summed E-state index contributed by atoms with van der Waals surface area (Å²) in [6, 6.07) is 0. The third-order valence-corrected chi connectivity index (χ3v) is 8.68. The van der Waals surface area contributed by atoms with Gasteiger partial charge in [0, 0.05) is 24.5 Å². The van der Waals surface area contributed by atoms with E-state index in [0.717, 1.165) is 32.4 Å². The maximum atomic E-state index is 10.7. The van der Waals surface area contributed by atoms with Gasteiger partial charge in [-0.2, -0.15) is 0 Å². The second kappa shape index (κ2) is 5.96. The molecule has 0 radical (unpaired) electrons. The van der Waals surface area contributed by atoms with E-state index in [1.165, 1.54) is 32.1 Å². The second-order valence-electron chi connectivity index (χ2n) is 10.2. The average Bonchev–Trinajstić information content (AvgIpc) is 2.98. The molecule has 0 aromatic heterocycles. The average molecular weight is 336 g/mol. The van der Waals surface area contributed by atoms with Crippen LogP contribution in [-0.4, -0.2) is 45.9 Å². The molecule has 1 saturated heterocycles. The van der Waals surface area contributed by atoms with Crippen molar-refractivity contribution in [2.45, 2.75) is 89.9 Å². The summed E-state index contributed by atoms with van der Waals surface area (Å²) in [6.45, 7) is 9.33. The minimum absolute atomic E-state index is 0.0540. The Morgan fingerprint density at radius 3 is 2.54 bits per heavy atom. The van der Waals surface area contributed by atoms with E-state index in [1.54, 1.807) is 0 Å². The molecule has 3 saturated carbocycles. The standard InChI is InChI=1S/C21H37NO2/c1-14-7-8-16(18(23)10-14)20(2,3)22-12-15-11-19(24)17-6-4-5-9-21(15,17)13-22/h14-19,23-24H,4-13H2,1-3H3/t14-,15+,16-,17-,18-,19?,21-/m1/s1. The number of aliphatic hydroxyl groups is 2. The number of likely N-dealkylation sites (tertiary alicyclic amines) is 1. The molecular formula is C21H37NO2. The molecule has 0 bridgehead atoms. The molecule has 24 heavy (non-hydrogen) atoms. The number of nitrogens with zero attached hydrogens (tertiary/aromatic N) is 1. The first-order chi connectivity index (χ1) is 11.3. The zero-order valence-electron chi connectivity index (χ0n) is 15.9. The SMILES string of the molecule is C[C@@H]1CC[C@@H](C(C)(C)N2C[C@@H]3CC(O)[C@H]4CCCC[C@@]34C2)[C@H](O)C1. The van der Waals surface area contributed by atoms with Crippen molar-refractivity contribution in [2.75, 3.05) is 13.1 Å². The summed E-state index contributed by atoms with van der Waals surface area (Å²) in [7, 11) is 0. The van der Waals surface area contributed by atoms with Gasteiger partial charge in [0.25, 0.3) is 0 Å². The first-order valence-corrected chi connectivity index (χ1v) is 10.5. The summed E-state index contributed by atoms with van der Waals surface area (Å²) in [6.07, 6.45) is 9.41. The van der Waals surface area contributed by atoms with E-state index in [1.807, 2.05) is 0 Å². The Labute approximate surface area is 147 Å². The molecule has 2 N–H and O–H groups in total. The number of hydrogen-bond donors (Lipinski definition) is 2. The van der Waals surface area contributed by atoms with E-state index in [4.69, 9.17) is 0 Å². The van der Waals surface area contributed by atoms with E-state index in [0.29, 0.717) is 29.1 Å². The molecule has 0 amide bonds. The molecule has 138 valence electrons. The largest absolute Gasteiger partial charge is 0.393 e. The molecular weight excluding hydrogens is 298 g/mol. The molecule has 3 heteroatoms. The van der Waals surface area contributed by atoms with Gasteiger partial charge in [0.2, 0.25) is 0 Å². The fourth-order valence-electron chi connectivity index (χ4n) is 7.18. The first kappa shape index (κ1) is 17.3.